The van der Waals surface area contributed by atoms with Crippen LogP contribution in [0, 0.1) is 0 Å². The second kappa shape index (κ2) is 3.25. The van der Waals surface area contributed by atoms with Crippen molar-refractivity contribution in [3.8, 4) is 0 Å². The molecule has 0 unspecified atom stereocenters. The fourth-order valence-electron chi connectivity index (χ4n) is 1.59. The molecule has 0 N–H and O–H groups in total. The van der Waals surface area contributed by atoms with Gasteiger partial charge in [0.1, 0.15) is 0 Å². The van der Waals surface area contributed by atoms with Crippen molar-refractivity contribution in [2.45, 2.75) is 0 Å². The van der Waals surface area contributed by atoms with Crippen molar-refractivity contribution in [3.63, 3.8) is 0 Å². The monoisotopic (exact) mass is 218 g/mol. The van der Waals surface area contributed by atoms with E-state index in [1.54, 1.807) is 0 Å². The molecule has 56 valence electrons. The predicted molar refractivity (Wildman–Crippen MR) is 52.2 cm³/mol. The average molecular weight is 220 g/mol. The molecule has 0 aromatic carbocycles. The van der Waals surface area contributed by atoms with Gasteiger partial charge in [0.2, 0.25) is 0 Å². The van der Waals surface area contributed by atoms with Gasteiger partial charge in [0.05, 0.1) is 0 Å². The van der Waals surface area contributed by atoms with Crippen LogP contribution in [-0.4, -0.2) is 40.0 Å². The van der Waals surface area contributed by atoms with Gasteiger partial charge in [-0.15, -0.1) is 0 Å². The van der Waals surface area contributed by atoms with Crippen LogP contribution < -0.4 is 0 Å². The van der Waals surface area contributed by atoms with Crippen molar-refractivity contribution >= 4 is 11.2 Å². The van der Waals surface area contributed by atoms with Crippen LogP contribution in [0.3, 0.4) is 0 Å². The molecular weight excluding hydrogens is 199 g/mol. The van der Waals surface area contributed by atoms with Gasteiger partial charge in [-0.25, -0.2) is 0 Å². The van der Waals surface area contributed by atoms with Crippen molar-refractivity contribution in [2.24, 2.45) is 0 Å². The summed E-state index contributed by atoms with van der Waals surface area (Å²) in [6.07, 6.45) is 0. The molecule has 0 bridgehead atoms. The van der Waals surface area contributed by atoms with E-state index in [4.69, 9.17) is 0 Å². The van der Waals surface area contributed by atoms with E-state index in [1.807, 2.05) is 0 Å². The quantitative estimate of drug-likeness (QED) is 0.493. The zero-order chi connectivity index (χ0) is 7.71. The van der Waals surface area contributed by atoms with E-state index in [2.05, 4.69) is 40.0 Å². The van der Waals surface area contributed by atoms with Gasteiger partial charge in [-0.3, -0.25) is 0 Å². The van der Waals surface area contributed by atoms with Crippen LogP contribution in [0.5, 0.6) is 0 Å². The summed E-state index contributed by atoms with van der Waals surface area (Å²) in [6, 6.07) is 0. The summed E-state index contributed by atoms with van der Waals surface area (Å²) in [5.74, 6) is 0. The van der Waals surface area contributed by atoms with Gasteiger partial charge in [-0.2, -0.15) is 0 Å². The van der Waals surface area contributed by atoms with Crippen LogP contribution in [0.2, 0.25) is 0 Å². The van der Waals surface area contributed by atoms with Crippen LogP contribution >= 0.6 is 11.2 Å². The minimum atomic E-state index is -0.543. The molecule has 0 amide bonds. The van der Waals surface area contributed by atoms with Crippen molar-refractivity contribution in [1.29, 1.82) is 0 Å². The molecule has 0 aromatic rings. The maximum atomic E-state index is 2.55. The van der Waals surface area contributed by atoms with E-state index in [1.165, 1.54) is 0 Å². The Kier molecular flexibility index (Phi) is 3.79. The second-order valence-corrected chi connectivity index (χ2v) is 50.3. The molecule has 0 nitrogen and oxygen atoms in total. The Morgan fingerprint density at radius 2 is 0.889 bits per heavy atom. The van der Waals surface area contributed by atoms with Crippen molar-refractivity contribution in [2.75, 3.05) is 40.0 Å². The molecule has 0 saturated carbocycles. The zero-order valence-electron chi connectivity index (χ0n) is 7.71. The van der Waals surface area contributed by atoms with E-state index >= 15 is 0 Å². The number of hydrogen-bond donors (Lipinski definition) is 0. The Hall–Kier alpha value is 1.48. The van der Waals surface area contributed by atoms with E-state index in [0.717, 1.165) is 0 Å². The summed E-state index contributed by atoms with van der Waals surface area (Å²) in [5.41, 5.74) is -1.09. The Balaban J connectivity index is 3.75. The molecule has 0 saturated heterocycles. The minimum absolute atomic E-state index is 0.0556. The Morgan fingerprint density at radius 1 is 0.667 bits per heavy atom. The molecule has 0 heterocycles. The van der Waals surface area contributed by atoms with Gasteiger partial charge < -0.3 is 0 Å². The van der Waals surface area contributed by atoms with Crippen LogP contribution in [0.25, 0.3) is 0 Å². The number of rotatable bonds is 2. The Bertz CT molecular complexity index is 76.2. The summed E-state index contributed by atoms with van der Waals surface area (Å²) in [4.78, 5) is 0. The zero-order valence-corrected chi connectivity index (χ0v) is 12.7. The molecule has 0 atom stereocenters. The van der Waals surface area contributed by atoms with Gasteiger partial charge >= 0.3 is 67.3 Å². The van der Waals surface area contributed by atoms with Crippen LogP contribution in [-0.2, 0) is 16.2 Å². The molecule has 0 rings (SSSR count). The molecule has 0 spiro atoms. The van der Waals surface area contributed by atoms with E-state index in [9.17, 15) is 0 Å². The van der Waals surface area contributed by atoms with Gasteiger partial charge in [0.25, 0.3) is 0 Å². The fourth-order valence-corrected chi connectivity index (χ4v) is 74.4. The van der Waals surface area contributed by atoms with Crippen molar-refractivity contribution in [3.05, 3.63) is 0 Å². The summed E-state index contributed by atoms with van der Waals surface area (Å²) in [6.45, 7) is 15.3. The third-order valence-corrected chi connectivity index (χ3v) is 49.6. The molecule has 3 heteroatoms. The number of hydrogen-bond acceptors (Lipinski definition) is 0. The summed E-state index contributed by atoms with van der Waals surface area (Å²) in [7, 11) is 0. The predicted octanol–water partition coefficient (Wildman–Crippen LogP) is 2.18. The molecule has 9 heavy (non-hydrogen) atoms. The average Bonchev–Trinajstić information content (AvgIpc) is 1.14. The van der Waals surface area contributed by atoms with Gasteiger partial charge in [0.15, 0.2) is 0 Å². The Morgan fingerprint density at radius 3 is 0.889 bits per heavy atom. The van der Waals surface area contributed by atoms with Crippen LogP contribution in [0.1, 0.15) is 0 Å². The van der Waals surface area contributed by atoms with Crippen LogP contribution in [0.4, 0.5) is 0 Å². The summed E-state index contributed by atoms with van der Waals surface area (Å²) >= 11 is -0.0556. The van der Waals surface area contributed by atoms with Crippen LogP contribution in [0.15, 0.2) is 0 Å². The molecule has 0 aliphatic rings. The van der Waals surface area contributed by atoms with E-state index < -0.39 is 11.2 Å². The maximum absolute atomic E-state index is 2.55. The van der Waals surface area contributed by atoms with Gasteiger partial charge in [-0.1, -0.05) is 0 Å². The standard InChI is InChI=1S/2C3H9P.Zn/c2*1-4(2)3;/h2*1-3H3;/q;;-2/p+2. The van der Waals surface area contributed by atoms with Gasteiger partial charge in [0, 0.05) is 0 Å². The topological polar surface area (TPSA) is 0 Å². The van der Waals surface area contributed by atoms with E-state index in [0.29, 0.717) is 0 Å². The summed E-state index contributed by atoms with van der Waals surface area (Å²) < 4.78 is 0. The third kappa shape index (κ3) is 9.48. The fraction of sp³-hybridized carbons (Fsp3) is 1.00. The molecular formula is C6H20P2Zn. The Labute approximate surface area is 67.5 Å². The van der Waals surface area contributed by atoms with Gasteiger partial charge in [-0.05, 0) is 0 Å². The van der Waals surface area contributed by atoms with Crippen molar-refractivity contribution in [1.82, 2.24) is 0 Å². The first-order valence-corrected chi connectivity index (χ1v) is 20.0. The molecule has 0 aliphatic heterocycles. The van der Waals surface area contributed by atoms with Crippen molar-refractivity contribution < 1.29 is 16.2 Å². The summed E-state index contributed by atoms with van der Waals surface area (Å²) in [5, 5.41) is 0. The second-order valence-electron chi connectivity index (χ2n) is 5.30. The first kappa shape index (κ1) is 10.5. The first-order chi connectivity index (χ1) is 3.71. The molecule has 0 aromatic heterocycles. The van der Waals surface area contributed by atoms with E-state index in [-0.39, 0.29) is 16.2 Å². The molecule has 0 radical (unpaired) electrons. The molecule has 0 fully saturated rings. The normalized spacial score (nSPS) is 16.7. The third-order valence-electron chi connectivity index (χ3n) is 1.06. The first-order valence-electron chi connectivity index (χ1n) is 3.71. The molecule has 0 aliphatic carbocycles. The SMILES string of the molecule is C[PH](C)(C)[Zn][PH](C)(C)C.